The summed E-state index contributed by atoms with van der Waals surface area (Å²) < 4.78 is 17.3. The Morgan fingerprint density at radius 2 is 1.65 bits per heavy atom. The number of aromatic nitrogens is 1. The summed E-state index contributed by atoms with van der Waals surface area (Å²) in [7, 11) is 3.19. The van der Waals surface area contributed by atoms with Crippen molar-refractivity contribution in [3.8, 4) is 23.0 Å². The Morgan fingerprint density at radius 3 is 2.32 bits per heavy atom. The molecule has 0 unspecified atom stereocenters. The zero-order chi connectivity index (χ0) is 23.8. The van der Waals surface area contributed by atoms with Crippen LogP contribution in [-0.4, -0.2) is 30.0 Å². The van der Waals surface area contributed by atoms with E-state index in [2.05, 4.69) is 4.98 Å². The van der Waals surface area contributed by atoms with E-state index in [0.29, 0.717) is 57.2 Å². The van der Waals surface area contributed by atoms with E-state index >= 15 is 0 Å². The molecule has 1 aliphatic heterocycles. The fourth-order valence-corrected chi connectivity index (χ4v) is 4.81. The lowest BCUT2D eigenvalue weighted by molar-refractivity contribution is 0.0765. The molecule has 3 aromatic carbocycles. The van der Waals surface area contributed by atoms with E-state index in [-0.39, 0.29) is 5.91 Å². The molecule has 8 heteroatoms. The van der Waals surface area contributed by atoms with Gasteiger partial charge in [0.1, 0.15) is 22.8 Å². The minimum absolute atomic E-state index is 0.180. The van der Waals surface area contributed by atoms with Gasteiger partial charge in [0.15, 0.2) is 5.75 Å². The second-order valence-electron chi connectivity index (χ2n) is 7.83. The van der Waals surface area contributed by atoms with Crippen molar-refractivity contribution >= 4 is 40.0 Å². The maximum absolute atomic E-state index is 13.7. The minimum atomic E-state index is -0.180. The molecule has 0 fully saturated rings. The number of halogens is 2. The lowest BCUT2D eigenvalue weighted by Crippen LogP contribution is -2.23. The molecule has 0 bridgehead atoms. The van der Waals surface area contributed by atoms with E-state index in [1.54, 1.807) is 67.8 Å². The van der Waals surface area contributed by atoms with Gasteiger partial charge in [-0.3, -0.25) is 9.78 Å². The second kappa shape index (κ2) is 9.05. The monoisotopic (exact) mass is 494 g/mol. The average molecular weight is 495 g/mol. The first kappa shape index (κ1) is 22.3. The van der Waals surface area contributed by atoms with Crippen molar-refractivity contribution in [1.29, 1.82) is 0 Å². The van der Waals surface area contributed by atoms with Gasteiger partial charge in [0, 0.05) is 33.7 Å². The van der Waals surface area contributed by atoms with Crippen LogP contribution in [0.5, 0.6) is 23.0 Å². The Kier molecular flexibility index (Phi) is 5.94. The molecule has 1 aliphatic rings. The van der Waals surface area contributed by atoms with Crippen LogP contribution in [0.2, 0.25) is 10.0 Å². The Hall–Kier alpha value is -3.48. The topological polar surface area (TPSA) is 60.9 Å². The summed E-state index contributed by atoms with van der Waals surface area (Å²) in [5.41, 5.74) is 2.57. The summed E-state index contributed by atoms with van der Waals surface area (Å²) in [5, 5.41) is 1.80. The molecule has 0 radical (unpaired) electrons. The normalized spacial score (nSPS) is 12.7. The van der Waals surface area contributed by atoms with Crippen molar-refractivity contribution in [2.75, 3.05) is 14.2 Å². The van der Waals surface area contributed by atoms with Gasteiger partial charge < -0.3 is 19.1 Å². The third kappa shape index (κ3) is 4.00. The molecule has 34 heavy (non-hydrogen) atoms. The van der Waals surface area contributed by atoms with Crippen LogP contribution >= 0.6 is 23.2 Å². The molecule has 2 heterocycles. The third-order valence-corrected chi connectivity index (χ3v) is 6.14. The number of carbonyl (C=O) groups is 1. The predicted octanol–water partition coefficient (Wildman–Crippen LogP) is 6.51. The Labute approximate surface area is 206 Å². The number of benzene rings is 3. The van der Waals surface area contributed by atoms with E-state index < -0.39 is 0 Å². The standard InChI is InChI=1S/C26H20Cl2N2O4/c1-32-18-5-7-19(8-6-18)34-25-22-21(24(33-2)20-4-3-9-29-23(20)25)14-30(26(22)31)13-15-10-16(27)12-17(28)11-15/h3-12H,13-14H2,1-2H3. The van der Waals surface area contributed by atoms with Crippen LogP contribution in [0, 0.1) is 0 Å². The number of methoxy groups -OCH3 is 2. The van der Waals surface area contributed by atoms with Crippen LogP contribution < -0.4 is 14.2 Å². The molecular formula is C26H20Cl2N2O4. The number of ether oxygens (including phenoxy) is 3. The van der Waals surface area contributed by atoms with Crippen LogP contribution in [-0.2, 0) is 13.1 Å². The summed E-state index contributed by atoms with van der Waals surface area (Å²) in [4.78, 5) is 19.9. The first-order valence-electron chi connectivity index (χ1n) is 10.5. The number of amides is 1. The largest absolute Gasteiger partial charge is 0.497 e. The second-order valence-corrected chi connectivity index (χ2v) is 8.70. The third-order valence-electron chi connectivity index (χ3n) is 5.70. The van der Waals surface area contributed by atoms with Gasteiger partial charge in [-0.05, 0) is 60.2 Å². The van der Waals surface area contributed by atoms with Gasteiger partial charge >= 0.3 is 0 Å². The van der Waals surface area contributed by atoms with Crippen LogP contribution in [0.25, 0.3) is 10.9 Å². The van der Waals surface area contributed by atoms with E-state index in [1.807, 2.05) is 12.1 Å². The summed E-state index contributed by atoms with van der Waals surface area (Å²) >= 11 is 12.3. The van der Waals surface area contributed by atoms with Gasteiger partial charge in [-0.15, -0.1) is 0 Å². The van der Waals surface area contributed by atoms with Crippen molar-refractivity contribution in [3.63, 3.8) is 0 Å². The van der Waals surface area contributed by atoms with Crippen molar-refractivity contribution in [2.24, 2.45) is 0 Å². The number of hydrogen-bond acceptors (Lipinski definition) is 5. The first-order chi connectivity index (χ1) is 16.5. The van der Waals surface area contributed by atoms with Gasteiger partial charge in [0.25, 0.3) is 5.91 Å². The summed E-state index contributed by atoms with van der Waals surface area (Å²) in [5.74, 6) is 2.10. The van der Waals surface area contributed by atoms with Crippen LogP contribution in [0.1, 0.15) is 21.5 Å². The summed E-state index contributed by atoms with van der Waals surface area (Å²) in [6.07, 6.45) is 1.67. The number of carbonyl (C=O) groups excluding carboxylic acids is 1. The van der Waals surface area contributed by atoms with E-state index in [4.69, 9.17) is 37.4 Å². The van der Waals surface area contributed by atoms with Crippen LogP contribution in [0.4, 0.5) is 0 Å². The Morgan fingerprint density at radius 1 is 0.941 bits per heavy atom. The molecule has 0 saturated heterocycles. The minimum Gasteiger partial charge on any atom is -0.497 e. The Bertz CT molecular complexity index is 1390. The summed E-state index contributed by atoms with van der Waals surface area (Å²) in [6, 6.07) is 16.2. The zero-order valence-corrected chi connectivity index (χ0v) is 20.0. The molecule has 172 valence electrons. The van der Waals surface area contributed by atoms with E-state index in [0.717, 1.165) is 16.5 Å². The highest BCUT2D eigenvalue weighted by Gasteiger charge is 2.36. The molecule has 4 aromatic rings. The number of pyridine rings is 1. The highest BCUT2D eigenvalue weighted by atomic mass is 35.5. The fourth-order valence-electron chi connectivity index (χ4n) is 4.24. The SMILES string of the molecule is COc1ccc(Oc2c3c(c(OC)c4cccnc24)CN(Cc2cc(Cl)cc(Cl)c2)C3=O)cc1. The molecule has 0 N–H and O–H groups in total. The summed E-state index contributed by atoms with van der Waals surface area (Å²) in [6.45, 7) is 0.688. The number of nitrogens with zero attached hydrogens (tertiary/aromatic N) is 2. The maximum Gasteiger partial charge on any atom is 0.258 e. The van der Waals surface area contributed by atoms with Gasteiger partial charge in [-0.1, -0.05) is 23.2 Å². The van der Waals surface area contributed by atoms with Gasteiger partial charge in [0.2, 0.25) is 0 Å². The molecular weight excluding hydrogens is 475 g/mol. The zero-order valence-electron chi connectivity index (χ0n) is 18.5. The number of hydrogen-bond donors (Lipinski definition) is 0. The maximum atomic E-state index is 13.7. The number of rotatable bonds is 6. The molecule has 0 aliphatic carbocycles. The first-order valence-corrected chi connectivity index (χ1v) is 11.3. The van der Waals surface area contributed by atoms with E-state index in [1.165, 1.54) is 0 Å². The molecule has 1 amide bonds. The fraction of sp³-hybridized carbons (Fsp3) is 0.154. The lowest BCUT2D eigenvalue weighted by Gasteiger charge is -2.16. The predicted molar refractivity (Wildman–Crippen MR) is 131 cm³/mol. The van der Waals surface area contributed by atoms with Crippen molar-refractivity contribution in [3.05, 3.63) is 87.5 Å². The van der Waals surface area contributed by atoms with Gasteiger partial charge in [-0.25, -0.2) is 0 Å². The lowest BCUT2D eigenvalue weighted by atomic mass is 10.0. The van der Waals surface area contributed by atoms with Gasteiger partial charge in [0.05, 0.1) is 26.3 Å². The molecule has 6 nitrogen and oxygen atoms in total. The van der Waals surface area contributed by atoms with Gasteiger partial charge in [-0.2, -0.15) is 0 Å². The highest BCUT2D eigenvalue weighted by molar-refractivity contribution is 6.34. The molecule has 0 atom stereocenters. The smallest absolute Gasteiger partial charge is 0.258 e. The van der Waals surface area contributed by atoms with Crippen molar-refractivity contribution < 1.29 is 19.0 Å². The average Bonchev–Trinajstić information content (AvgIpc) is 3.14. The molecule has 5 rings (SSSR count). The Balaban J connectivity index is 1.62. The molecule has 0 saturated carbocycles. The quantitative estimate of drug-likeness (QED) is 0.305. The van der Waals surface area contributed by atoms with E-state index in [9.17, 15) is 4.79 Å². The van der Waals surface area contributed by atoms with Crippen LogP contribution in [0.3, 0.4) is 0 Å². The number of fused-ring (bicyclic) bond motifs is 2. The molecule has 1 aromatic heterocycles. The van der Waals surface area contributed by atoms with Crippen molar-refractivity contribution in [2.45, 2.75) is 13.1 Å². The van der Waals surface area contributed by atoms with Crippen LogP contribution in [0.15, 0.2) is 60.8 Å². The highest BCUT2D eigenvalue weighted by Crippen LogP contribution is 2.46. The molecule has 0 spiro atoms. The van der Waals surface area contributed by atoms with Crippen molar-refractivity contribution in [1.82, 2.24) is 9.88 Å².